The van der Waals surface area contributed by atoms with Crippen molar-refractivity contribution in [3.63, 3.8) is 0 Å². The van der Waals surface area contributed by atoms with Gasteiger partial charge in [0, 0.05) is 13.0 Å². The molecule has 1 fully saturated rings. The predicted molar refractivity (Wildman–Crippen MR) is 122 cm³/mol. The number of halogens is 4. The Kier molecular flexibility index (Phi) is 7.78. The number of carbonyl (C=O) groups is 3. The highest BCUT2D eigenvalue weighted by Crippen LogP contribution is 2.35. The summed E-state index contributed by atoms with van der Waals surface area (Å²) < 4.78 is 49.1. The number of rotatable bonds is 7. The highest BCUT2D eigenvalue weighted by atomic mass is 35.5. The fourth-order valence-corrected chi connectivity index (χ4v) is 4.04. The molecule has 3 amide bonds. The van der Waals surface area contributed by atoms with Gasteiger partial charge in [0.1, 0.15) is 0 Å². The van der Waals surface area contributed by atoms with Gasteiger partial charge >= 0.3 is 6.18 Å². The number of anilines is 1. The molecule has 1 N–H and O–H groups in total. The second kappa shape index (κ2) is 10.4. The monoisotopic (exact) mass is 514 g/mol. The van der Waals surface area contributed by atoms with Crippen LogP contribution in [0.5, 0.6) is 11.5 Å². The van der Waals surface area contributed by atoms with Gasteiger partial charge in [0.2, 0.25) is 5.91 Å². The molecule has 7 nitrogen and oxygen atoms in total. The highest BCUT2D eigenvalue weighted by molar-refractivity contribution is 8.18. The lowest BCUT2D eigenvalue weighted by Gasteiger charge is -2.14. The molecule has 0 spiro atoms. The number of alkyl halides is 3. The van der Waals surface area contributed by atoms with Crippen LogP contribution in [0.1, 0.15) is 17.5 Å². The van der Waals surface area contributed by atoms with Gasteiger partial charge in [-0.2, -0.15) is 13.2 Å². The number of nitrogens with zero attached hydrogens (tertiary/aromatic N) is 1. The molecule has 0 unspecified atom stereocenters. The van der Waals surface area contributed by atoms with Crippen LogP contribution in [0, 0.1) is 0 Å². The molecule has 180 valence electrons. The van der Waals surface area contributed by atoms with Gasteiger partial charge < -0.3 is 14.8 Å². The number of methoxy groups -OCH3 is 2. The minimum atomic E-state index is -4.60. The van der Waals surface area contributed by atoms with Gasteiger partial charge in [-0.1, -0.05) is 17.7 Å². The Bertz CT molecular complexity index is 1170. The summed E-state index contributed by atoms with van der Waals surface area (Å²) in [6.45, 7) is -0.254. The Balaban J connectivity index is 1.66. The Hall–Kier alpha value is -3.18. The number of hydrogen-bond acceptors (Lipinski definition) is 6. The second-order valence-electron chi connectivity index (χ2n) is 6.94. The molecule has 0 radical (unpaired) electrons. The molecule has 1 aliphatic rings. The molecule has 0 aliphatic carbocycles. The highest BCUT2D eigenvalue weighted by Gasteiger charge is 2.35. The SMILES string of the molecule is COc1ccc(/C=C2/SC(=O)N(CCC(=O)Nc3cc(C(F)(F)F)ccc3Cl)C2=O)cc1OC. The van der Waals surface area contributed by atoms with Gasteiger partial charge in [-0.05, 0) is 53.7 Å². The third-order valence-corrected chi connectivity index (χ3v) is 5.95. The predicted octanol–water partition coefficient (Wildman–Crippen LogP) is 5.44. The van der Waals surface area contributed by atoms with Crippen molar-refractivity contribution in [3.8, 4) is 11.5 Å². The zero-order valence-electron chi connectivity index (χ0n) is 17.9. The standard InChI is InChI=1S/C22H18ClF3N2O5S/c1-32-16-6-3-12(9-17(16)33-2)10-18-20(30)28(21(31)34-18)8-7-19(29)27-15-11-13(22(24,25)26)4-5-14(15)23/h3-6,9-11H,7-8H2,1-2H3,(H,27,29)/b18-10+. The Morgan fingerprint density at radius 1 is 1.12 bits per heavy atom. The largest absolute Gasteiger partial charge is 0.493 e. The van der Waals surface area contributed by atoms with Crippen molar-refractivity contribution in [3.05, 3.63) is 57.5 Å². The number of benzene rings is 2. The first-order valence-corrected chi connectivity index (χ1v) is 10.9. The van der Waals surface area contributed by atoms with Crippen molar-refractivity contribution in [1.82, 2.24) is 4.90 Å². The van der Waals surface area contributed by atoms with Crippen molar-refractivity contribution < 1.29 is 37.0 Å². The Morgan fingerprint density at radius 2 is 1.82 bits per heavy atom. The summed E-state index contributed by atoms with van der Waals surface area (Å²) >= 11 is 6.58. The van der Waals surface area contributed by atoms with Crippen LogP contribution in [0.3, 0.4) is 0 Å². The molecular weight excluding hydrogens is 497 g/mol. The number of carbonyl (C=O) groups excluding carboxylic acids is 3. The molecule has 2 aromatic carbocycles. The van der Waals surface area contributed by atoms with Crippen LogP contribution in [-0.4, -0.2) is 42.7 Å². The van der Waals surface area contributed by atoms with Gasteiger partial charge in [0.15, 0.2) is 11.5 Å². The van der Waals surface area contributed by atoms with Gasteiger partial charge in [-0.15, -0.1) is 0 Å². The van der Waals surface area contributed by atoms with E-state index in [9.17, 15) is 27.6 Å². The first kappa shape index (κ1) is 25.4. The number of nitrogens with one attached hydrogen (secondary N) is 1. The summed E-state index contributed by atoms with van der Waals surface area (Å²) in [5.74, 6) is -0.348. The number of ether oxygens (including phenoxy) is 2. The van der Waals surface area contributed by atoms with Gasteiger partial charge in [0.25, 0.3) is 11.1 Å². The molecule has 1 saturated heterocycles. The van der Waals surface area contributed by atoms with Crippen LogP contribution in [0.4, 0.5) is 23.7 Å². The maximum atomic E-state index is 12.9. The third-order valence-electron chi connectivity index (χ3n) is 4.71. The average Bonchev–Trinajstić information content (AvgIpc) is 3.05. The molecule has 1 aliphatic heterocycles. The van der Waals surface area contributed by atoms with E-state index in [1.807, 2.05) is 0 Å². The van der Waals surface area contributed by atoms with Crippen LogP contribution >= 0.6 is 23.4 Å². The molecule has 0 saturated carbocycles. The number of imide groups is 1. The van der Waals surface area contributed by atoms with Crippen LogP contribution in [0.2, 0.25) is 5.02 Å². The van der Waals surface area contributed by atoms with Crippen molar-refractivity contribution in [1.29, 1.82) is 0 Å². The number of hydrogen-bond donors (Lipinski definition) is 1. The zero-order valence-corrected chi connectivity index (χ0v) is 19.4. The van der Waals surface area contributed by atoms with Crippen molar-refractivity contribution in [2.45, 2.75) is 12.6 Å². The van der Waals surface area contributed by atoms with E-state index in [1.54, 1.807) is 18.2 Å². The first-order valence-electron chi connectivity index (χ1n) is 9.67. The van der Waals surface area contributed by atoms with E-state index in [1.165, 1.54) is 20.3 Å². The summed E-state index contributed by atoms with van der Waals surface area (Å²) in [4.78, 5) is 38.3. The summed E-state index contributed by atoms with van der Waals surface area (Å²) in [5.41, 5.74) is -0.595. The maximum Gasteiger partial charge on any atom is 0.416 e. The zero-order chi connectivity index (χ0) is 25.0. The van der Waals surface area contributed by atoms with Gasteiger partial charge in [-0.3, -0.25) is 19.3 Å². The summed E-state index contributed by atoms with van der Waals surface area (Å²) in [5, 5.41) is 1.64. The van der Waals surface area contributed by atoms with E-state index in [0.29, 0.717) is 34.9 Å². The van der Waals surface area contributed by atoms with Crippen LogP contribution in [-0.2, 0) is 15.8 Å². The minimum absolute atomic E-state index is 0.0784. The lowest BCUT2D eigenvalue weighted by molar-refractivity contribution is -0.137. The molecule has 3 rings (SSSR count). The topological polar surface area (TPSA) is 84.9 Å². The van der Waals surface area contributed by atoms with E-state index < -0.39 is 28.8 Å². The van der Waals surface area contributed by atoms with Crippen molar-refractivity contribution in [2.75, 3.05) is 26.1 Å². The molecule has 0 atom stereocenters. The van der Waals surface area contributed by atoms with Gasteiger partial charge in [0.05, 0.1) is 35.4 Å². The van der Waals surface area contributed by atoms with E-state index in [0.717, 1.165) is 17.0 Å². The summed E-state index contributed by atoms with van der Waals surface area (Å²) in [7, 11) is 2.95. The number of amides is 3. The summed E-state index contributed by atoms with van der Waals surface area (Å²) in [6, 6.07) is 7.50. The van der Waals surface area contributed by atoms with Crippen LogP contribution < -0.4 is 14.8 Å². The van der Waals surface area contributed by atoms with Crippen molar-refractivity contribution >= 4 is 52.2 Å². The van der Waals surface area contributed by atoms with Crippen LogP contribution in [0.25, 0.3) is 6.08 Å². The Labute approximate surface area is 201 Å². The fraction of sp³-hybridized carbons (Fsp3) is 0.227. The quantitative estimate of drug-likeness (QED) is 0.495. The lowest BCUT2D eigenvalue weighted by Crippen LogP contribution is -2.31. The molecule has 2 aromatic rings. The first-order chi connectivity index (χ1) is 16.0. The maximum absolute atomic E-state index is 12.9. The van der Waals surface area contributed by atoms with Crippen LogP contribution in [0.15, 0.2) is 41.3 Å². The van der Waals surface area contributed by atoms with E-state index >= 15 is 0 Å². The molecule has 0 bridgehead atoms. The molecular formula is C22H18ClF3N2O5S. The third kappa shape index (κ3) is 5.84. The summed E-state index contributed by atoms with van der Waals surface area (Å²) in [6.07, 6.45) is -3.42. The van der Waals surface area contributed by atoms with Gasteiger partial charge in [-0.25, -0.2) is 0 Å². The minimum Gasteiger partial charge on any atom is -0.493 e. The number of thioether (sulfide) groups is 1. The molecule has 34 heavy (non-hydrogen) atoms. The normalized spacial score (nSPS) is 15.1. The second-order valence-corrected chi connectivity index (χ2v) is 8.34. The Morgan fingerprint density at radius 3 is 2.47 bits per heavy atom. The smallest absolute Gasteiger partial charge is 0.416 e. The molecule has 12 heteroatoms. The van der Waals surface area contributed by atoms with Crippen molar-refractivity contribution in [2.24, 2.45) is 0 Å². The average molecular weight is 515 g/mol. The molecule has 1 heterocycles. The lowest BCUT2D eigenvalue weighted by atomic mass is 10.2. The van der Waals surface area contributed by atoms with E-state index in [-0.39, 0.29) is 28.6 Å². The van der Waals surface area contributed by atoms with E-state index in [4.69, 9.17) is 21.1 Å². The molecule has 0 aromatic heterocycles. The fourth-order valence-electron chi connectivity index (χ4n) is 3.01. The van der Waals surface area contributed by atoms with E-state index in [2.05, 4.69) is 5.32 Å².